The monoisotopic (exact) mass is 349 g/mol. The van der Waals surface area contributed by atoms with Crippen LogP contribution in [0.25, 0.3) is 11.5 Å². The van der Waals surface area contributed by atoms with Gasteiger partial charge in [0.05, 0.1) is 5.69 Å². The highest BCUT2D eigenvalue weighted by molar-refractivity contribution is 5.59. The Balaban J connectivity index is 1.38. The van der Waals surface area contributed by atoms with Gasteiger partial charge in [-0.05, 0) is 31.5 Å². The van der Waals surface area contributed by atoms with Crippen LogP contribution in [0.2, 0.25) is 0 Å². The van der Waals surface area contributed by atoms with E-state index in [1.807, 2.05) is 6.07 Å². The zero-order valence-electron chi connectivity index (χ0n) is 15.2. The Morgan fingerprint density at radius 3 is 2.54 bits per heavy atom. The summed E-state index contributed by atoms with van der Waals surface area (Å²) in [7, 11) is 0. The van der Waals surface area contributed by atoms with E-state index in [0.29, 0.717) is 5.89 Å². The largest absolute Gasteiger partial charge is 0.444 e. The average molecular weight is 349 g/mol. The maximum atomic E-state index is 5.74. The molecule has 0 aliphatic carbocycles. The van der Waals surface area contributed by atoms with Crippen LogP contribution in [0.15, 0.2) is 47.3 Å². The second-order valence-corrected chi connectivity index (χ2v) is 6.77. The fraction of sp³-hybridized carbons (Fsp3) is 0.350. The van der Waals surface area contributed by atoms with Crippen LogP contribution in [0, 0.1) is 13.8 Å². The third-order valence-electron chi connectivity index (χ3n) is 4.76. The van der Waals surface area contributed by atoms with E-state index in [0.717, 1.165) is 49.9 Å². The quantitative estimate of drug-likeness (QED) is 0.721. The van der Waals surface area contributed by atoms with E-state index in [2.05, 4.69) is 51.8 Å². The topological polar surface area (TPSA) is 58.3 Å². The number of rotatable bonds is 4. The molecule has 0 saturated carbocycles. The minimum atomic E-state index is 0.703. The molecule has 3 heterocycles. The number of aryl methyl sites for hydroxylation is 2. The second kappa shape index (κ2) is 7.25. The van der Waals surface area contributed by atoms with Crippen LogP contribution in [0.1, 0.15) is 16.8 Å². The molecule has 0 amide bonds. The first-order valence-corrected chi connectivity index (χ1v) is 8.95. The molecule has 6 heteroatoms. The highest BCUT2D eigenvalue weighted by Gasteiger charge is 2.20. The molecule has 3 aromatic rings. The lowest BCUT2D eigenvalue weighted by Gasteiger charge is -2.34. The van der Waals surface area contributed by atoms with Crippen LogP contribution in [0.4, 0.5) is 5.95 Å². The number of piperazine rings is 1. The van der Waals surface area contributed by atoms with Crippen molar-refractivity contribution in [1.29, 1.82) is 0 Å². The molecule has 0 radical (unpaired) electrons. The van der Waals surface area contributed by atoms with E-state index < -0.39 is 0 Å². The van der Waals surface area contributed by atoms with Crippen molar-refractivity contribution in [3.63, 3.8) is 0 Å². The molecule has 2 aromatic heterocycles. The fourth-order valence-electron chi connectivity index (χ4n) is 3.35. The first-order valence-electron chi connectivity index (χ1n) is 8.95. The van der Waals surface area contributed by atoms with Crippen molar-refractivity contribution in [3.8, 4) is 11.5 Å². The maximum Gasteiger partial charge on any atom is 0.226 e. The van der Waals surface area contributed by atoms with Crippen molar-refractivity contribution in [2.75, 3.05) is 31.1 Å². The van der Waals surface area contributed by atoms with Gasteiger partial charge in [-0.15, -0.1) is 0 Å². The predicted molar refractivity (Wildman–Crippen MR) is 101 cm³/mol. The molecule has 0 atom stereocenters. The van der Waals surface area contributed by atoms with E-state index in [1.165, 1.54) is 11.1 Å². The lowest BCUT2D eigenvalue weighted by molar-refractivity contribution is 0.246. The van der Waals surface area contributed by atoms with Gasteiger partial charge in [0.25, 0.3) is 0 Å². The van der Waals surface area contributed by atoms with Gasteiger partial charge in [-0.3, -0.25) is 4.90 Å². The van der Waals surface area contributed by atoms with E-state index >= 15 is 0 Å². The van der Waals surface area contributed by atoms with Gasteiger partial charge in [-0.2, -0.15) is 0 Å². The van der Waals surface area contributed by atoms with Gasteiger partial charge in [0.15, 0.2) is 0 Å². The normalized spacial score (nSPS) is 15.4. The smallest absolute Gasteiger partial charge is 0.226 e. The number of aromatic nitrogens is 3. The summed E-state index contributed by atoms with van der Waals surface area (Å²) in [5, 5.41) is 0. The molecule has 1 aliphatic rings. The Labute approximate surface area is 153 Å². The van der Waals surface area contributed by atoms with E-state index in [4.69, 9.17) is 9.40 Å². The molecule has 6 nitrogen and oxygen atoms in total. The Hall–Kier alpha value is -2.73. The Morgan fingerprint density at radius 1 is 1.04 bits per heavy atom. The number of benzene rings is 1. The van der Waals surface area contributed by atoms with Gasteiger partial charge in [0, 0.05) is 50.7 Å². The number of hydrogen-bond acceptors (Lipinski definition) is 6. The molecule has 0 bridgehead atoms. The minimum Gasteiger partial charge on any atom is -0.444 e. The highest BCUT2D eigenvalue weighted by Crippen LogP contribution is 2.24. The fourth-order valence-corrected chi connectivity index (χ4v) is 3.35. The van der Waals surface area contributed by atoms with Crippen LogP contribution in [-0.2, 0) is 6.54 Å². The Bertz CT molecular complexity index is 869. The van der Waals surface area contributed by atoms with Crippen molar-refractivity contribution in [2.45, 2.75) is 20.4 Å². The summed E-state index contributed by atoms with van der Waals surface area (Å²) in [6.45, 7) is 8.76. The summed E-state index contributed by atoms with van der Waals surface area (Å²) in [5.41, 5.74) is 4.48. The molecule has 1 aliphatic heterocycles. The van der Waals surface area contributed by atoms with Gasteiger partial charge in [-0.25, -0.2) is 15.0 Å². The lowest BCUT2D eigenvalue weighted by Crippen LogP contribution is -2.46. The molecule has 26 heavy (non-hydrogen) atoms. The Kier molecular flexibility index (Phi) is 4.67. The summed E-state index contributed by atoms with van der Waals surface area (Å²) in [6.07, 6.45) is 5.36. The van der Waals surface area contributed by atoms with Crippen LogP contribution in [-0.4, -0.2) is 46.0 Å². The summed E-state index contributed by atoms with van der Waals surface area (Å²) in [5.74, 6) is 1.51. The first kappa shape index (κ1) is 16.7. The molecule has 134 valence electrons. The summed E-state index contributed by atoms with van der Waals surface area (Å²) >= 11 is 0. The third-order valence-corrected chi connectivity index (χ3v) is 4.76. The predicted octanol–water partition coefficient (Wildman–Crippen LogP) is 3.07. The van der Waals surface area contributed by atoms with Gasteiger partial charge >= 0.3 is 0 Å². The SMILES string of the molecule is Cc1ccc(-c2nc(CN3CCN(c4ncccn4)CC3)co2)c(C)c1. The molecule has 1 saturated heterocycles. The van der Waals surface area contributed by atoms with Gasteiger partial charge < -0.3 is 9.32 Å². The number of anilines is 1. The van der Waals surface area contributed by atoms with Gasteiger partial charge in [0.1, 0.15) is 6.26 Å². The zero-order valence-corrected chi connectivity index (χ0v) is 15.2. The van der Waals surface area contributed by atoms with Crippen molar-refractivity contribution >= 4 is 5.95 Å². The molecule has 0 N–H and O–H groups in total. The molecule has 0 spiro atoms. The Morgan fingerprint density at radius 2 is 1.81 bits per heavy atom. The van der Waals surface area contributed by atoms with Crippen LogP contribution in [0.3, 0.4) is 0 Å². The van der Waals surface area contributed by atoms with Gasteiger partial charge in [0.2, 0.25) is 11.8 Å². The van der Waals surface area contributed by atoms with Crippen LogP contribution in [0.5, 0.6) is 0 Å². The zero-order chi connectivity index (χ0) is 17.9. The minimum absolute atomic E-state index is 0.703. The second-order valence-electron chi connectivity index (χ2n) is 6.77. The molecule has 4 rings (SSSR count). The van der Waals surface area contributed by atoms with Crippen LogP contribution >= 0.6 is 0 Å². The van der Waals surface area contributed by atoms with Crippen molar-refractivity contribution < 1.29 is 4.42 Å². The first-order chi connectivity index (χ1) is 12.7. The van der Waals surface area contributed by atoms with Crippen molar-refractivity contribution in [1.82, 2.24) is 19.9 Å². The lowest BCUT2D eigenvalue weighted by atomic mass is 10.1. The van der Waals surface area contributed by atoms with E-state index in [1.54, 1.807) is 18.7 Å². The molecule has 1 fully saturated rings. The molecular formula is C20H23N5O. The van der Waals surface area contributed by atoms with Crippen molar-refractivity contribution in [3.05, 3.63) is 59.7 Å². The highest BCUT2D eigenvalue weighted by atomic mass is 16.3. The third kappa shape index (κ3) is 3.60. The number of hydrogen-bond donors (Lipinski definition) is 0. The maximum absolute atomic E-state index is 5.74. The van der Waals surface area contributed by atoms with Crippen molar-refractivity contribution in [2.24, 2.45) is 0 Å². The number of nitrogens with zero attached hydrogens (tertiary/aromatic N) is 5. The molecular weight excluding hydrogens is 326 g/mol. The standard InChI is InChI=1S/C20H23N5O/c1-15-4-5-18(16(2)12-15)19-23-17(14-26-19)13-24-8-10-25(11-9-24)20-21-6-3-7-22-20/h3-7,12,14H,8-11,13H2,1-2H3. The molecule has 1 aromatic carbocycles. The average Bonchev–Trinajstić information content (AvgIpc) is 3.11. The summed E-state index contributed by atoms with van der Waals surface area (Å²) in [4.78, 5) is 18.0. The summed E-state index contributed by atoms with van der Waals surface area (Å²) in [6, 6.07) is 8.18. The molecule has 0 unspecified atom stereocenters. The summed E-state index contributed by atoms with van der Waals surface area (Å²) < 4.78 is 5.74. The van der Waals surface area contributed by atoms with E-state index in [9.17, 15) is 0 Å². The van der Waals surface area contributed by atoms with E-state index in [-0.39, 0.29) is 0 Å². The van der Waals surface area contributed by atoms with Gasteiger partial charge in [-0.1, -0.05) is 17.7 Å². The number of oxazole rings is 1. The van der Waals surface area contributed by atoms with Crippen LogP contribution < -0.4 is 4.90 Å².